The zero-order chi connectivity index (χ0) is 21.1. The molecule has 1 amide bonds. The topological polar surface area (TPSA) is 54.0 Å². The Morgan fingerprint density at radius 1 is 1.13 bits per heavy atom. The number of carbonyl (C=O) groups excluding carboxylic acids is 1. The first-order valence-electron chi connectivity index (χ1n) is 11.5. The number of amides is 1. The Labute approximate surface area is 180 Å². The predicted octanol–water partition coefficient (Wildman–Crippen LogP) is 3.65. The predicted molar refractivity (Wildman–Crippen MR) is 118 cm³/mol. The Morgan fingerprint density at radius 3 is 2.73 bits per heavy atom. The van der Waals surface area contributed by atoms with E-state index >= 15 is 0 Å². The lowest BCUT2D eigenvalue weighted by molar-refractivity contribution is -0.0122. The summed E-state index contributed by atoms with van der Waals surface area (Å²) < 4.78 is 11.7. The number of nitrogens with one attached hydrogen (secondary N) is 1. The number of piperazine rings is 1. The summed E-state index contributed by atoms with van der Waals surface area (Å²) >= 11 is 0. The first kappa shape index (κ1) is 21.4. The molecule has 2 aliphatic heterocycles. The van der Waals surface area contributed by atoms with Crippen LogP contribution in [0.1, 0.15) is 52.0 Å². The van der Waals surface area contributed by atoms with Gasteiger partial charge in [0.1, 0.15) is 11.4 Å². The summed E-state index contributed by atoms with van der Waals surface area (Å²) in [6.45, 7) is 10.9. The highest BCUT2D eigenvalue weighted by atomic mass is 16.6. The van der Waals surface area contributed by atoms with Gasteiger partial charge in [-0.2, -0.15) is 0 Å². The standard InChI is InChI=1S/C24H37N3O3/c1-24(2,3)30-23(28)27-12-11-26-15-19(7-10-21(26)16-27)17-29-22-6-4-5-18(13-22)14-25-20-8-9-20/h4-6,13,19-21,25H,7-12,14-17H2,1-3H3/t19-,21+/m1/s1. The van der Waals surface area contributed by atoms with E-state index in [4.69, 9.17) is 9.47 Å². The number of hydrogen-bond acceptors (Lipinski definition) is 5. The molecule has 2 saturated heterocycles. The molecule has 1 aromatic carbocycles. The molecule has 0 unspecified atom stereocenters. The van der Waals surface area contributed by atoms with E-state index in [1.165, 1.54) is 18.4 Å². The number of nitrogens with zero attached hydrogens (tertiary/aromatic N) is 2. The van der Waals surface area contributed by atoms with Crippen molar-refractivity contribution in [2.24, 2.45) is 5.92 Å². The molecule has 1 aromatic rings. The number of hydrogen-bond donors (Lipinski definition) is 1. The lowest BCUT2D eigenvalue weighted by Crippen LogP contribution is -2.58. The molecule has 0 aromatic heterocycles. The van der Waals surface area contributed by atoms with Gasteiger partial charge in [0, 0.05) is 50.7 Å². The molecule has 6 nitrogen and oxygen atoms in total. The van der Waals surface area contributed by atoms with Crippen molar-refractivity contribution >= 4 is 6.09 Å². The summed E-state index contributed by atoms with van der Waals surface area (Å²) in [6.07, 6.45) is 4.70. The second-order valence-corrected chi connectivity index (χ2v) is 10.1. The van der Waals surface area contributed by atoms with Gasteiger partial charge in [0.05, 0.1) is 6.61 Å². The van der Waals surface area contributed by atoms with Gasteiger partial charge in [0.25, 0.3) is 0 Å². The van der Waals surface area contributed by atoms with Gasteiger partial charge in [-0.05, 0) is 64.2 Å². The molecule has 2 heterocycles. The van der Waals surface area contributed by atoms with E-state index in [9.17, 15) is 4.79 Å². The summed E-state index contributed by atoms with van der Waals surface area (Å²) in [7, 11) is 0. The Hall–Kier alpha value is -1.79. The van der Waals surface area contributed by atoms with Crippen molar-refractivity contribution in [3.05, 3.63) is 29.8 Å². The van der Waals surface area contributed by atoms with Gasteiger partial charge in [-0.25, -0.2) is 4.79 Å². The van der Waals surface area contributed by atoms with E-state index in [1.54, 1.807) is 0 Å². The van der Waals surface area contributed by atoms with Crippen LogP contribution in [0.5, 0.6) is 5.75 Å². The van der Waals surface area contributed by atoms with Crippen LogP contribution in [0.2, 0.25) is 0 Å². The normalized spacial score (nSPS) is 25.0. The fourth-order valence-corrected chi connectivity index (χ4v) is 4.40. The number of fused-ring (bicyclic) bond motifs is 1. The average molecular weight is 416 g/mol. The maximum absolute atomic E-state index is 12.4. The molecule has 166 valence electrons. The van der Waals surface area contributed by atoms with Crippen LogP contribution in [-0.4, -0.2) is 66.4 Å². The van der Waals surface area contributed by atoms with Gasteiger partial charge in [0.15, 0.2) is 0 Å². The third-order valence-electron chi connectivity index (χ3n) is 6.21. The first-order valence-corrected chi connectivity index (χ1v) is 11.5. The zero-order valence-electron chi connectivity index (χ0n) is 18.7. The molecule has 0 radical (unpaired) electrons. The molecule has 30 heavy (non-hydrogen) atoms. The van der Waals surface area contributed by atoms with Gasteiger partial charge in [0.2, 0.25) is 0 Å². The Morgan fingerprint density at radius 2 is 1.97 bits per heavy atom. The van der Waals surface area contributed by atoms with Gasteiger partial charge in [-0.3, -0.25) is 4.90 Å². The van der Waals surface area contributed by atoms with E-state index in [1.807, 2.05) is 25.7 Å². The molecule has 1 N–H and O–H groups in total. The highest BCUT2D eigenvalue weighted by Gasteiger charge is 2.35. The summed E-state index contributed by atoms with van der Waals surface area (Å²) in [4.78, 5) is 16.8. The highest BCUT2D eigenvalue weighted by molar-refractivity contribution is 5.68. The SMILES string of the molecule is CC(C)(C)OC(=O)N1CCN2C[C@H](COc3cccc(CNC4CC4)c3)CC[C@H]2C1. The number of carbonyl (C=O) groups is 1. The fraction of sp³-hybridized carbons (Fsp3) is 0.708. The van der Waals surface area contributed by atoms with Crippen LogP contribution in [0.15, 0.2) is 24.3 Å². The Bertz CT molecular complexity index is 729. The van der Waals surface area contributed by atoms with E-state index < -0.39 is 5.60 Å². The van der Waals surface area contributed by atoms with Gasteiger partial charge in [-0.1, -0.05) is 12.1 Å². The molecular formula is C24H37N3O3. The van der Waals surface area contributed by atoms with E-state index in [2.05, 4.69) is 34.5 Å². The number of rotatable bonds is 6. The molecule has 0 spiro atoms. The molecule has 0 bridgehead atoms. The van der Waals surface area contributed by atoms with Crippen molar-refractivity contribution in [1.82, 2.24) is 15.1 Å². The molecule has 3 aliphatic rings. The maximum atomic E-state index is 12.4. The van der Waals surface area contributed by atoms with E-state index in [0.29, 0.717) is 12.0 Å². The third-order valence-corrected chi connectivity index (χ3v) is 6.21. The Kier molecular flexibility index (Phi) is 6.54. The minimum Gasteiger partial charge on any atom is -0.493 e. The summed E-state index contributed by atoms with van der Waals surface area (Å²) in [5.74, 6) is 1.52. The van der Waals surface area contributed by atoms with Crippen molar-refractivity contribution in [3.63, 3.8) is 0 Å². The first-order chi connectivity index (χ1) is 14.4. The van der Waals surface area contributed by atoms with Crippen LogP contribution in [0.25, 0.3) is 0 Å². The van der Waals surface area contributed by atoms with Crippen molar-refractivity contribution in [1.29, 1.82) is 0 Å². The minimum absolute atomic E-state index is 0.177. The lowest BCUT2D eigenvalue weighted by Gasteiger charge is -2.46. The van der Waals surface area contributed by atoms with Crippen molar-refractivity contribution < 1.29 is 14.3 Å². The molecule has 2 atom stereocenters. The molecule has 3 fully saturated rings. The number of ether oxygens (including phenoxy) is 2. The molecule has 1 aliphatic carbocycles. The third kappa shape index (κ3) is 6.11. The summed E-state index contributed by atoms with van der Waals surface area (Å²) in [5.41, 5.74) is 0.857. The molecule has 4 rings (SSSR count). The van der Waals surface area contributed by atoms with E-state index in [-0.39, 0.29) is 6.09 Å². The van der Waals surface area contributed by atoms with Crippen LogP contribution in [0.3, 0.4) is 0 Å². The monoisotopic (exact) mass is 415 g/mol. The van der Waals surface area contributed by atoms with Gasteiger partial charge in [-0.15, -0.1) is 0 Å². The molecule has 1 saturated carbocycles. The molecule has 6 heteroatoms. The van der Waals surface area contributed by atoms with Gasteiger partial charge < -0.3 is 19.7 Å². The number of piperidine rings is 1. The van der Waals surface area contributed by atoms with Crippen molar-refractivity contribution in [3.8, 4) is 5.75 Å². The second kappa shape index (κ2) is 9.15. The van der Waals surface area contributed by atoms with Crippen molar-refractivity contribution in [2.45, 2.75) is 70.7 Å². The average Bonchev–Trinajstić information content (AvgIpc) is 3.54. The van der Waals surface area contributed by atoms with Crippen LogP contribution in [0.4, 0.5) is 4.79 Å². The smallest absolute Gasteiger partial charge is 0.410 e. The summed E-state index contributed by atoms with van der Waals surface area (Å²) in [6, 6.07) is 9.65. The van der Waals surface area contributed by atoms with Crippen molar-refractivity contribution in [2.75, 3.05) is 32.8 Å². The number of benzene rings is 1. The minimum atomic E-state index is -0.436. The maximum Gasteiger partial charge on any atom is 0.410 e. The van der Waals surface area contributed by atoms with Crippen LogP contribution < -0.4 is 10.1 Å². The fourth-order valence-electron chi connectivity index (χ4n) is 4.40. The lowest BCUT2D eigenvalue weighted by atomic mass is 9.91. The van der Waals surface area contributed by atoms with Crippen LogP contribution in [0, 0.1) is 5.92 Å². The van der Waals surface area contributed by atoms with Crippen LogP contribution in [-0.2, 0) is 11.3 Å². The van der Waals surface area contributed by atoms with Gasteiger partial charge >= 0.3 is 6.09 Å². The Balaban J connectivity index is 1.22. The molecular weight excluding hydrogens is 378 g/mol. The largest absolute Gasteiger partial charge is 0.493 e. The zero-order valence-corrected chi connectivity index (χ0v) is 18.7. The van der Waals surface area contributed by atoms with E-state index in [0.717, 1.165) is 64.0 Å². The van der Waals surface area contributed by atoms with Crippen LogP contribution >= 0.6 is 0 Å². The quantitative estimate of drug-likeness (QED) is 0.769. The highest BCUT2D eigenvalue weighted by Crippen LogP contribution is 2.27. The summed E-state index contributed by atoms with van der Waals surface area (Å²) in [5, 5.41) is 3.56. The second-order valence-electron chi connectivity index (χ2n) is 10.1.